The maximum atomic E-state index is 10.5. The van der Waals surface area contributed by atoms with E-state index in [1.165, 1.54) is 0 Å². The third kappa shape index (κ3) is 2.58. The molecule has 0 spiro atoms. The summed E-state index contributed by atoms with van der Waals surface area (Å²) >= 11 is 5.79. The molecule has 2 rings (SSSR count). The number of hydrogen-bond acceptors (Lipinski definition) is 3. The van der Waals surface area contributed by atoms with Gasteiger partial charge in [0.05, 0.1) is 0 Å². The maximum absolute atomic E-state index is 10.5. The second kappa shape index (κ2) is 4.77. The molecule has 16 heavy (non-hydrogen) atoms. The van der Waals surface area contributed by atoms with Crippen LogP contribution in [0.15, 0.2) is 42.6 Å². The Morgan fingerprint density at radius 1 is 1.19 bits per heavy atom. The van der Waals surface area contributed by atoms with Crippen LogP contribution >= 0.6 is 11.6 Å². The highest BCUT2D eigenvalue weighted by atomic mass is 35.5. The Balaban J connectivity index is 2.17. The van der Waals surface area contributed by atoms with Crippen LogP contribution in [0, 0.1) is 0 Å². The number of carbonyl (C=O) groups excluding carboxylic acids is 1. The van der Waals surface area contributed by atoms with E-state index in [1.807, 2.05) is 0 Å². The SMILES string of the molecule is O=Cc1ccc(Oc2cc(Cl)ccn2)cc1. The Morgan fingerprint density at radius 3 is 2.56 bits per heavy atom. The Labute approximate surface area is 97.7 Å². The molecule has 0 fully saturated rings. The van der Waals surface area contributed by atoms with Gasteiger partial charge in [0.2, 0.25) is 5.88 Å². The van der Waals surface area contributed by atoms with Crippen LogP contribution in [0.25, 0.3) is 0 Å². The van der Waals surface area contributed by atoms with E-state index in [1.54, 1.807) is 42.6 Å². The molecule has 1 heterocycles. The summed E-state index contributed by atoms with van der Waals surface area (Å²) < 4.78 is 5.45. The molecular weight excluding hydrogens is 226 g/mol. The molecule has 1 aromatic heterocycles. The second-order valence-electron chi connectivity index (χ2n) is 3.10. The summed E-state index contributed by atoms with van der Waals surface area (Å²) in [5.41, 5.74) is 0.603. The lowest BCUT2D eigenvalue weighted by atomic mass is 10.2. The zero-order valence-electron chi connectivity index (χ0n) is 8.26. The Hall–Kier alpha value is -1.87. The summed E-state index contributed by atoms with van der Waals surface area (Å²) in [5.74, 6) is 1.03. The van der Waals surface area contributed by atoms with Gasteiger partial charge in [-0.25, -0.2) is 4.98 Å². The van der Waals surface area contributed by atoms with E-state index >= 15 is 0 Å². The number of aldehydes is 1. The van der Waals surface area contributed by atoms with Crippen molar-refractivity contribution in [2.24, 2.45) is 0 Å². The number of carbonyl (C=O) groups is 1. The van der Waals surface area contributed by atoms with Gasteiger partial charge in [-0.2, -0.15) is 0 Å². The van der Waals surface area contributed by atoms with Crippen LogP contribution in [-0.2, 0) is 0 Å². The number of halogens is 1. The Kier molecular flexibility index (Phi) is 3.17. The molecule has 0 amide bonds. The minimum Gasteiger partial charge on any atom is -0.439 e. The van der Waals surface area contributed by atoms with E-state index in [0.717, 1.165) is 6.29 Å². The van der Waals surface area contributed by atoms with E-state index in [9.17, 15) is 4.79 Å². The van der Waals surface area contributed by atoms with Crippen LogP contribution < -0.4 is 4.74 Å². The molecule has 0 N–H and O–H groups in total. The number of hydrogen-bond donors (Lipinski definition) is 0. The number of ether oxygens (including phenoxy) is 1. The highest BCUT2D eigenvalue weighted by Crippen LogP contribution is 2.21. The molecule has 1 aromatic carbocycles. The van der Waals surface area contributed by atoms with Gasteiger partial charge < -0.3 is 4.74 Å². The van der Waals surface area contributed by atoms with Gasteiger partial charge >= 0.3 is 0 Å². The van der Waals surface area contributed by atoms with Gasteiger partial charge in [-0.05, 0) is 30.3 Å². The zero-order chi connectivity index (χ0) is 11.4. The smallest absolute Gasteiger partial charge is 0.220 e. The van der Waals surface area contributed by atoms with E-state index in [4.69, 9.17) is 16.3 Å². The predicted octanol–water partition coefficient (Wildman–Crippen LogP) is 3.34. The average Bonchev–Trinajstić information content (AvgIpc) is 2.30. The normalized spacial score (nSPS) is 9.81. The standard InChI is InChI=1S/C12H8ClNO2/c13-10-5-6-14-12(7-10)16-11-3-1-9(8-15)2-4-11/h1-8H. The first kappa shape index (κ1) is 10.6. The monoisotopic (exact) mass is 233 g/mol. The van der Waals surface area contributed by atoms with Crippen molar-refractivity contribution in [2.75, 3.05) is 0 Å². The quantitative estimate of drug-likeness (QED) is 0.764. The summed E-state index contributed by atoms with van der Waals surface area (Å²) in [6, 6.07) is 10.0. The molecule has 0 aliphatic rings. The van der Waals surface area contributed by atoms with Crippen molar-refractivity contribution in [3.63, 3.8) is 0 Å². The van der Waals surface area contributed by atoms with E-state index in [-0.39, 0.29) is 0 Å². The van der Waals surface area contributed by atoms with Crippen molar-refractivity contribution in [1.82, 2.24) is 4.98 Å². The molecule has 0 saturated heterocycles. The van der Waals surface area contributed by atoms with Crippen molar-refractivity contribution in [3.8, 4) is 11.6 Å². The van der Waals surface area contributed by atoms with Crippen LogP contribution in [0.3, 0.4) is 0 Å². The third-order valence-corrected chi connectivity index (χ3v) is 2.17. The molecular formula is C12H8ClNO2. The Bertz CT molecular complexity index is 497. The fourth-order valence-corrected chi connectivity index (χ4v) is 1.33. The first-order chi connectivity index (χ1) is 7.78. The van der Waals surface area contributed by atoms with Gasteiger partial charge in [0.25, 0.3) is 0 Å². The van der Waals surface area contributed by atoms with Crippen LogP contribution in [-0.4, -0.2) is 11.3 Å². The number of benzene rings is 1. The summed E-state index contributed by atoms with van der Waals surface area (Å²) in [4.78, 5) is 14.5. The van der Waals surface area contributed by atoms with Gasteiger partial charge in [0, 0.05) is 22.8 Å². The first-order valence-corrected chi connectivity index (χ1v) is 5.00. The minimum atomic E-state index is 0.423. The van der Waals surface area contributed by atoms with Crippen LogP contribution in [0.4, 0.5) is 0 Å². The third-order valence-electron chi connectivity index (χ3n) is 1.94. The molecule has 0 saturated carbocycles. The molecule has 0 unspecified atom stereocenters. The summed E-state index contributed by atoms with van der Waals surface area (Å²) in [7, 11) is 0. The van der Waals surface area contributed by atoms with Gasteiger partial charge in [-0.3, -0.25) is 4.79 Å². The van der Waals surface area contributed by atoms with Crippen molar-refractivity contribution < 1.29 is 9.53 Å². The number of nitrogens with zero attached hydrogens (tertiary/aromatic N) is 1. The van der Waals surface area contributed by atoms with E-state index in [0.29, 0.717) is 22.2 Å². The molecule has 0 aliphatic heterocycles. The molecule has 0 aliphatic carbocycles. The topological polar surface area (TPSA) is 39.2 Å². The van der Waals surface area contributed by atoms with Crippen molar-refractivity contribution >= 4 is 17.9 Å². The van der Waals surface area contributed by atoms with Gasteiger partial charge in [0.1, 0.15) is 12.0 Å². The average molecular weight is 234 g/mol. The van der Waals surface area contributed by atoms with Crippen molar-refractivity contribution in [2.45, 2.75) is 0 Å². The lowest BCUT2D eigenvalue weighted by Crippen LogP contribution is -1.87. The minimum absolute atomic E-state index is 0.423. The van der Waals surface area contributed by atoms with Gasteiger partial charge in [-0.1, -0.05) is 11.6 Å². The molecule has 0 radical (unpaired) electrons. The predicted molar refractivity (Wildman–Crippen MR) is 61.2 cm³/mol. The summed E-state index contributed by atoms with van der Waals surface area (Å²) in [6.07, 6.45) is 2.35. The second-order valence-corrected chi connectivity index (χ2v) is 3.54. The van der Waals surface area contributed by atoms with Crippen LogP contribution in [0.5, 0.6) is 11.6 Å². The maximum Gasteiger partial charge on any atom is 0.220 e. The number of rotatable bonds is 3. The fourth-order valence-electron chi connectivity index (χ4n) is 1.18. The summed E-state index contributed by atoms with van der Waals surface area (Å²) in [6.45, 7) is 0. The Morgan fingerprint density at radius 2 is 1.94 bits per heavy atom. The largest absolute Gasteiger partial charge is 0.439 e. The van der Waals surface area contributed by atoms with E-state index in [2.05, 4.69) is 4.98 Å². The molecule has 0 bridgehead atoms. The molecule has 4 heteroatoms. The van der Waals surface area contributed by atoms with Gasteiger partial charge in [0.15, 0.2) is 0 Å². The molecule has 0 atom stereocenters. The lowest BCUT2D eigenvalue weighted by Gasteiger charge is -2.04. The molecule has 2 aromatic rings. The van der Waals surface area contributed by atoms with E-state index < -0.39 is 0 Å². The molecule has 80 valence electrons. The van der Waals surface area contributed by atoms with Crippen molar-refractivity contribution in [1.29, 1.82) is 0 Å². The lowest BCUT2D eigenvalue weighted by molar-refractivity contribution is 0.112. The highest BCUT2D eigenvalue weighted by Gasteiger charge is 1.99. The number of pyridine rings is 1. The first-order valence-electron chi connectivity index (χ1n) is 4.62. The van der Waals surface area contributed by atoms with Crippen molar-refractivity contribution in [3.05, 3.63) is 53.2 Å². The zero-order valence-corrected chi connectivity index (χ0v) is 9.02. The fraction of sp³-hybridized carbons (Fsp3) is 0. The highest BCUT2D eigenvalue weighted by molar-refractivity contribution is 6.30. The van der Waals surface area contributed by atoms with Crippen LogP contribution in [0.1, 0.15) is 10.4 Å². The van der Waals surface area contributed by atoms with Crippen LogP contribution in [0.2, 0.25) is 5.02 Å². The summed E-state index contributed by atoms with van der Waals surface area (Å²) in [5, 5.41) is 0.564. The number of aromatic nitrogens is 1. The molecule has 3 nitrogen and oxygen atoms in total. The van der Waals surface area contributed by atoms with Gasteiger partial charge in [-0.15, -0.1) is 0 Å².